The number of rotatable bonds is 9. The topological polar surface area (TPSA) is 47.3 Å². The van der Waals surface area contributed by atoms with Gasteiger partial charge in [0.1, 0.15) is 9.28 Å². The van der Waals surface area contributed by atoms with Crippen LogP contribution in [0.4, 0.5) is 0 Å². The summed E-state index contributed by atoms with van der Waals surface area (Å²) in [7, 11) is 0.857. The van der Waals surface area contributed by atoms with Crippen molar-refractivity contribution in [1.82, 2.24) is 5.32 Å². The van der Waals surface area contributed by atoms with Gasteiger partial charge in [0.2, 0.25) is 0 Å². The Morgan fingerprint density at radius 3 is 3.06 bits per heavy atom. The number of nitrogens with two attached hydrogens (primary N) is 1. The maximum absolute atomic E-state index is 6.03. The van der Waals surface area contributed by atoms with Gasteiger partial charge in [-0.1, -0.05) is 25.8 Å². The van der Waals surface area contributed by atoms with E-state index in [-0.39, 0.29) is 17.6 Å². The largest absolute Gasteiger partial charge is 0.432 e. The minimum atomic E-state index is -0.270. The van der Waals surface area contributed by atoms with Gasteiger partial charge in [0.05, 0.1) is 8.31 Å². The standard InChI is InChI=1S/C10H30N2OSi4/c1-2-3-5-10(11)8-12-6-4-7-17-9-13-14-15-16-17/h10,12,17H,2-9,11,14-16H2,1H3. The molecule has 3 nitrogen and oxygen atoms in total. The summed E-state index contributed by atoms with van der Waals surface area (Å²) in [6.07, 6.45) is 6.39. The van der Waals surface area contributed by atoms with Crippen LogP contribution in [0.5, 0.6) is 0 Å². The molecule has 2 unspecified atom stereocenters. The van der Waals surface area contributed by atoms with Gasteiger partial charge in [-0.3, -0.25) is 0 Å². The lowest BCUT2D eigenvalue weighted by molar-refractivity contribution is 0.416. The first-order chi connectivity index (χ1) is 8.33. The number of hydrogen-bond acceptors (Lipinski definition) is 3. The van der Waals surface area contributed by atoms with Crippen molar-refractivity contribution in [3.05, 3.63) is 0 Å². The number of hydrogen-bond donors (Lipinski definition) is 2. The highest BCUT2D eigenvalue weighted by molar-refractivity contribution is 7.48. The Labute approximate surface area is 114 Å². The zero-order valence-corrected chi connectivity index (χ0v) is 16.8. The molecular formula is C10H30N2OSi4. The number of unbranched alkanes of at least 4 members (excludes halogenated alkanes) is 1. The average Bonchev–Trinajstić information content (AvgIpc) is 2.37. The van der Waals surface area contributed by atoms with E-state index in [1.54, 1.807) is 6.04 Å². The molecule has 0 saturated carbocycles. The Balaban J connectivity index is 1.86. The third kappa shape index (κ3) is 8.46. The van der Waals surface area contributed by atoms with E-state index in [0.29, 0.717) is 23.2 Å². The second-order valence-corrected chi connectivity index (χ2v) is 30.2. The third-order valence-electron chi connectivity index (χ3n) is 3.56. The Bertz CT molecular complexity index is 182. The van der Waals surface area contributed by atoms with Crippen LogP contribution < -0.4 is 11.1 Å². The molecular weight excluding hydrogens is 276 g/mol. The van der Waals surface area contributed by atoms with Crippen LogP contribution >= 0.6 is 0 Å². The molecule has 1 fully saturated rings. The van der Waals surface area contributed by atoms with E-state index in [2.05, 4.69) is 12.2 Å². The predicted molar refractivity (Wildman–Crippen MR) is 88.5 cm³/mol. The Morgan fingerprint density at radius 1 is 1.47 bits per heavy atom. The van der Waals surface area contributed by atoms with Gasteiger partial charge >= 0.3 is 0 Å². The lowest BCUT2D eigenvalue weighted by Gasteiger charge is -2.20. The second kappa shape index (κ2) is 10.7. The lowest BCUT2D eigenvalue weighted by atomic mass is 10.1. The van der Waals surface area contributed by atoms with Crippen molar-refractivity contribution in [2.75, 3.05) is 19.3 Å². The Kier molecular flexibility index (Phi) is 9.90. The first kappa shape index (κ1) is 15.8. The highest BCUT2D eigenvalue weighted by Gasteiger charge is 2.15. The van der Waals surface area contributed by atoms with Crippen molar-refractivity contribution in [3.8, 4) is 0 Å². The maximum Gasteiger partial charge on any atom is 0.139 e. The summed E-state index contributed by atoms with van der Waals surface area (Å²) in [6, 6.07) is 1.93. The summed E-state index contributed by atoms with van der Waals surface area (Å²) >= 11 is 0. The molecule has 0 amide bonds. The molecule has 17 heavy (non-hydrogen) atoms. The molecule has 1 aliphatic heterocycles. The van der Waals surface area contributed by atoms with Gasteiger partial charge in [-0.2, -0.15) is 0 Å². The SMILES string of the molecule is CCCCC(N)CNCCC[SiH]1CO[SiH2][SiH2][SiH2]1. The van der Waals surface area contributed by atoms with E-state index in [0.717, 1.165) is 6.54 Å². The van der Waals surface area contributed by atoms with Crippen LogP contribution in [-0.2, 0) is 4.43 Å². The van der Waals surface area contributed by atoms with Crippen molar-refractivity contribution in [2.24, 2.45) is 5.73 Å². The fourth-order valence-electron chi connectivity index (χ4n) is 2.41. The second-order valence-electron chi connectivity index (χ2n) is 5.33. The molecule has 7 heteroatoms. The van der Waals surface area contributed by atoms with Gasteiger partial charge in [0.15, 0.2) is 0 Å². The van der Waals surface area contributed by atoms with E-state index in [4.69, 9.17) is 10.2 Å². The van der Waals surface area contributed by atoms with Gasteiger partial charge in [-0.25, -0.2) is 0 Å². The molecule has 1 heterocycles. The summed E-state index contributed by atoms with van der Waals surface area (Å²) < 4.78 is 5.78. The summed E-state index contributed by atoms with van der Waals surface area (Å²) in [5.74, 6) is 0. The van der Waals surface area contributed by atoms with Crippen molar-refractivity contribution >= 4 is 34.7 Å². The smallest absolute Gasteiger partial charge is 0.139 e. The van der Waals surface area contributed by atoms with E-state index in [1.165, 1.54) is 38.5 Å². The molecule has 0 aromatic heterocycles. The van der Waals surface area contributed by atoms with Crippen molar-refractivity contribution in [1.29, 1.82) is 0 Å². The van der Waals surface area contributed by atoms with Crippen molar-refractivity contribution < 1.29 is 4.43 Å². The summed E-state index contributed by atoms with van der Waals surface area (Å²) in [5, 5.41) is 3.53. The molecule has 0 aromatic carbocycles. The van der Waals surface area contributed by atoms with E-state index in [1.807, 2.05) is 0 Å². The molecule has 1 saturated heterocycles. The fourth-order valence-corrected chi connectivity index (χ4v) is 47.6. The molecule has 1 aliphatic rings. The van der Waals surface area contributed by atoms with Crippen molar-refractivity contribution in [3.63, 3.8) is 0 Å². The summed E-state index contributed by atoms with van der Waals surface area (Å²) in [4.78, 5) is 0. The fraction of sp³-hybridized carbons (Fsp3) is 1.00. The first-order valence-electron chi connectivity index (χ1n) is 7.37. The predicted octanol–water partition coefficient (Wildman–Crippen LogP) is -1.97. The highest BCUT2D eigenvalue weighted by atomic mass is 29.7. The molecule has 0 bridgehead atoms. The minimum absolute atomic E-state index is 0.128. The molecule has 1 rings (SSSR count). The lowest BCUT2D eigenvalue weighted by Crippen LogP contribution is -2.42. The van der Waals surface area contributed by atoms with Gasteiger partial charge in [-0.15, -0.1) is 0 Å². The Hall–Kier alpha value is 0.748. The summed E-state index contributed by atoms with van der Waals surface area (Å²) in [6.45, 7) is 4.44. The van der Waals surface area contributed by atoms with E-state index in [9.17, 15) is 0 Å². The van der Waals surface area contributed by atoms with Crippen molar-refractivity contribution in [2.45, 2.75) is 44.7 Å². The first-order valence-corrected chi connectivity index (χ1v) is 20.8. The molecule has 2 atom stereocenters. The molecule has 3 N–H and O–H groups in total. The molecule has 0 aliphatic carbocycles. The van der Waals surface area contributed by atoms with Crippen LogP contribution in [0.25, 0.3) is 0 Å². The number of nitrogens with one attached hydrogen (secondary N) is 1. The highest BCUT2D eigenvalue weighted by Crippen LogP contribution is 2.00. The van der Waals surface area contributed by atoms with Gasteiger partial charge < -0.3 is 15.5 Å². The third-order valence-corrected chi connectivity index (χ3v) is 40.0. The van der Waals surface area contributed by atoms with Crippen LogP contribution in [0.1, 0.15) is 32.6 Å². The quantitative estimate of drug-likeness (QED) is 0.384. The van der Waals surface area contributed by atoms with Gasteiger partial charge in [0.25, 0.3) is 0 Å². The molecule has 0 aromatic rings. The van der Waals surface area contributed by atoms with Crippen LogP contribution in [0, 0.1) is 0 Å². The minimum Gasteiger partial charge on any atom is -0.432 e. The van der Waals surface area contributed by atoms with Crippen LogP contribution in [0.3, 0.4) is 0 Å². The van der Waals surface area contributed by atoms with Crippen LogP contribution in [-0.4, -0.2) is 60.1 Å². The van der Waals surface area contributed by atoms with E-state index < -0.39 is 0 Å². The molecule has 0 radical (unpaired) electrons. The zero-order chi connectivity index (χ0) is 12.3. The normalized spacial score (nSPS) is 26.8. The van der Waals surface area contributed by atoms with E-state index >= 15 is 0 Å². The van der Waals surface area contributed by atoms with Gasteiger partial charge in [0, 0.05) is 35.9 Å². The van der Waals surface area contributed by atoms with Crippen LogP contribution in [0.2, 0.25) is 6.04 Å². The monoisotopic (exact) mass is 306 g/mol. The zero-order valence-electron chi connectivity index (χ0n) is 11.4. The summed E-state index contributed by atoms with van der Waals surface area (Å²) in [5.41, 5.74) is 6.03. The maximum atomic E-state index is 6.03. The molecule has 0 spiro atoms. The Morgan fingerprint density at radius 2 is 2.35 bits per heavy atom. The molecule has 102 valence electrons. The van der Waals surface area contributed by atoms with Crippen LogP contribution in [0.15, 0.2) is 0 Å². The van der Waals surface area contributed by atoms with Gasteiger partial charge in [-0.05, 0) is 19.4 Å². The average molecular weight is 307 g/mol.